The molecule has 3 heterocycles. The number of ether oxygens (including phenoxy) is 2. The Kier molecular flexibility index (Phi) is 7.47. The van der Waals surface area contributed by atoms with E-state index in [1.807, 2.05) is 6.07 Å². The fourth-order valence-corrected chi connectivity index (χ4v) is 5.93. The van der Waals surface area contributed by atoms with Crippen molar-refractivity contribution in [3.05, 3.63) is 18.2 Å². The quantitative estimate of drug-likeness (QED) is 0.686. The highest BCUT2D eigenvalue weighted by Crippen LogP contribution is 2.32. The minimum atomic E-state index is -3.63. The third kappa shape index (κ3) is 5.58. The highest BCUT2D eigenvalue weighted by molar-refractivity contribution is 7.89. The number of rotatable bonds is 7. The molecule has 3 fully saturated rings. The summed E-state index contributed by atoms with van der Waals surface area (Å²) in [5.41, 5.74) is 1.47. The molecule has 1 amide bonds. The molecule has 0 saturated carbocycles. The van der Waals surface area contributed by atoms with Crippen molar-refractivity contribution in [2.45, 2.75) is 55.9 Å². The van der Waals surface area contributed by atoms with Crippen LogP contribution in [0.15, 0.2) is 23.1 Å². The Morgan fingerprint density at radius 2 is 1.81 bits per heavy atom. The van der Waals surface area contributed by atoms with Gasteiger partial charge in [-0.3, -0.25) is 4.79 Å². The topological polar surface area (TPSA) is 88.2 Å². The molecule has 1 aromatic rings. The Hall–Kier alpha value is -1.68. The van der Waals surface area contributed by atoms with Crippen molar-refractivity contribution in [3.8, 4) is 0 Å². The van der Waals surface area contributed by atoms with E-state index in [1.165, 1.54) is 10.7 Å². The van der Waals surface area contributed by atoms with Gasteiger partial charge < -0.3 is 19.7 Å². The zero-order valence-corrected chi connectivity index (χ0v) is 18.9. The Balaban J connectivity index is 1.54. The van der Waals surface area contributed by atoms with Gasteiger partial charge in [0.05, 0.1) is 35.6 Å². The van der Waals surface area contributed by atoms with Gasteiger partial charge in [-0.15, -0.1) is 0 Å². The Bertz CT molecular complexity index is 858. The minimum absolute atomic E-state index is 0.102. The predicted octanol–water partition coefficient (Wildman–Crippen LogP) is 2.60. The van der Waals surface area contributed by atoms with Crippen LogP contribution >= 0.6 is 0 Å². The highest BCUT2D eigenvalue weighted by atomic mass is 32.2. The Morgan fingerprint density at radius 1 is 1.03 bits per heavy atom. The molecule has 9 heteroatoms. The van der Waals surface area contributed by atoms with Gasteiger partial charge in [0, 0.05) is 39.2 Å². The first-order chi connectivity index (χ1) is 15.0. The standard InChI is InChI=1S/C22H33N3O5S/c26-22(9-6-18-5-4-14-30-18)23-20-17-19(31(27,28)25-12-15-29-16-13-25)7-8-21(20)24-10-2-1-3-11-24/h7-8,17-18H,1-6,9-16H2,(H,23,26). The molecule has 3 aliphatic rings. The van der Waals surface area contributed by atoms with Crippen LogP contribution in [0.5, 0.6) is 0 Å². The zero-order chi connectivity index (χ0) is 21.7. The molecule has 1 atom stereocenters. The summed E-state index contributed by atoms with van der Waals surface area (Å²) in [5, 5.41) is 3.00. The number of carbonyl (C=O) groups excluding carboxylic acids is 1. The van der Waals surface area contributed by atoms with Crippen LogP contribution in [0.3, 0.4) is 0 Å². The van der Waals surface area contributed by atoms with Crippen molar-refractivity contribution in [1.29, 1.82) is 0 Å². The molecule has 0 aromatic heterocycles. The largest absolute Gasteiger partial charge is 0.379 e. The SMILES string of the molecule is O=C(CCC1CCCO1)Nc1cc(S(=O)(=O)N2CCOCC2)ccc1N1CCCCC1. The van der Waals surface area contributed by atoms with E-state index in [0.29, 0.717) is 44.8 Å². The van der Waals surface area contributed by atoms with Crippen LogP contribution in [-0.2, 0) is 24.3 Å². The van der Waals surface area contributed by atoms with Crippen molar-refractivity contribution in [2.24, 2.45) is 0 Å². The fraction of sp³-hybridized carbons (Fsp3) is 0.682. The summed E-state index contributed by atoms with van der Waals surface area (Å²) in [5.74, 6) is -0.102. The average molecular weight is 452 g/mol. The van der Waals surface area contributed by atoms with Gasteiger partial charge in [0.1, 0.15) is 0 Å². The van der Waals surface area contributed by atoms with Crippen LogP contribution in [-0.4, -0.2) is 70.7 Å². The molecular formula is C22H33N3O5S. The maximum absolute atomic E-state index is 13.1. The second kappa shape index (κ2) is 10.3. The van der Waals surface area contributed by atoms with Gasteiger partial charge in [-0.25, -0.2) is 8.42 Å². The number of nitrogens with zero attached hydrogens (tertiary/aromatic N) is 2. The monoisotopic (exact) mass is 451 g/mol. The van der Waals surface area contributed by atoms with E-state index in [2.05, 4.69) is 10.2 Å². The van der Waals surface area contributed by atoms with E-state index in [4.69, 9.17) is 9.47 Å². The van der Waals surface area contributed by atoms with Gasteiger partial charge in [-0.1, -0.05) is 0 Å². The third-order valence-corrected chi connectivity index (χ3v) is 8.16. The molecular weight excluding hydrogens is 418 g/mol. The van der Waals surface area contributed by atoms with E-state index in [9.17, 15) is 13.2 Å². The van der Waals surface area contributed by atoms with Crippen molar-refractivity contribution in [3.63, 3.8) is 0 Å². The Morgan fingerprint density at radius 3 is 2.52 bits per heavy atom. The zero-order valence-electron chi connectivity index (χ0n) is 18.1. The van der Waals surface area contributed by atoms with Crippen molar-refractivity contribution < 1.29 is 22.7 Å². The molecule has 31 heavy (non-hydrogen) atoms. The molecule has 1 aromatic carbocycles. The smallest absolute Gasteiger partial charge is 0.243 e. The molecule has 8 nitrogen and oxygen atoms in total. The summed E-state index contributed by atoms with van der Waals surface area (Å²) >= 11 is 0. The maximum atomic E-state index is 13.1. The third-order valence-electron chi connectivity index (χ3n) is 6.26. The number of hydrogen-bond acceptors (Lipinski definition) is 6. The summed E-state index contributed by atoms with van der Waals surface area (Å²) in [4.78, 5) is 15.2. The molecule has 0 radical (unpaired) electrons. The number of piperidine rings is 1. The fourth-order valence-electron chi connectivity index (χ4n) is 4.50. The lowest BCUT2D eigenvalue weighted by Gasteiger charge is -2.31. The lowest BCUT2D eigenvalue weighted by atomic mass is 10.1. The normalized spacial score (nSPS) is 23.1. The van der Waals surface area contributed by atoms with E-state index in [1.54, 1.807) is 12.1 Å². The molecule has 0 spiro atoms. The van der Waals surface area contributed by atoms with Gasteiger partial charge in [0.25, 0.3) is 0 Å². The lowest BCUT2D eigenvalue weighted by molar-refractivity contribution is -0.116. The van der Waals surface area contributed by atoms with Gasteiger partial charge in [0.15, 0.2) is 0 Å². The number of anilines is 2. The minimum Gasteiger partial charge on any atom is -0.379 e. The van der Waals surface area contributed by atoms with E-state index < -0.39 is 10.0 Å². The van der Waals surface area contributed by atoms with Gasteiger partial charge in [0.2, 0.25) is 15.9 Å². The van der Waals surface area contributed by atoms with Crippen molar-refractivity contribution >= 4 is 27.3 Å². The van der Waals surface area contributed by atoms with Crippen LogP contribution in [0.1, 0.15) is 44.9 Å². The first-order valence-electron chi connectivity index (χ1n) is 11.4. The van der Waals surface area contributed by atoms with Gasteiger partial charge in [-0.05, 0) is 56.7 Å². The summed E-state index contributed by atoms with van der Waals surface area (Å²) in [6, 6.07) is 5.13. The van der Waals surface area contributed by atoms with Crippen molar-refractivity contribution in [2.75, 3.05) is 56.2 Å². The number of hydrogen-bond donors (Lipinski definition) is 1. The first-order valence-corrected chi connectivity index (χ1v) is 12.9. The predicted molar refractivity (Wildman–Crippen MR) is 119 cm³/mol. The summed E-state index contributed by atoms with van der Waals surface area (Å²) in [6.45, 7) is 4.09. The van der Waals surface area contributed by atoms with Crippen LogP contribution in [0.4, 0.5) is 11.4 Å². The number of morpholine rings is 1. The van der Waals surface area contributed by atoms with Crippen LogP contribution < -0.4 is 10.2 Å². The second-order valence-corrected chi connectivity index (χ2v) is 10.4. The molecule has 4 rings (SSSR count). The molecule has 1 unspecified atom stereocenters. The average Bonchev–Trinajstić information content (AvgIpc) is 3.33. The van der Waals surface area contributed by atoms with E-state index in [0.717, 1.165) is 51.1 Å². The van der Waals surface area contributed by atoms with Crippen LogP contribution in [0, 0.1) is 0 Å². The lowest BCUT2D eigenvalue weighted by Crippen LogP contribution is -2.40. The molecule has 1 N–H and O–H groups in total. The number of sulfonamides is 1. The maximum Gasteiger partial charge on any atom is 0.243 e. The highest BCUT2D eigenvalue weighted by Gasteiger charge is 2.28. The molecule has 0 aliphatic carbocycles. The molecule has 172 valence electrons. The summed E-state index contributed by atoms with van der Waals surface area (Å²) in [6.07, 6.45) is 6.65. The first kappa shape index (κ1) is 22.5. The molecule has 3 saturated heterocycles. The van der Waals surface area contributed by atoms with Crippen LogP contribution in [0.25, 0.3) is 0 Å². The molecule has 0 bridgehead atoms. The van der Waals surface area contributed by atoms with E-state index in [-0.39, 0.29) is 16.9 Å². The van der Waals surface area contributed by atoms with E-state index >= 15 is 0 Å². The Labute approximate surface area is 184 Å². The van der Waals surface area contributed by atoms with Gasteiger partial charge in [-0.2, -0.15) is 4.31 Å². The summed E-state index contributed by atoms with van der Waals surface area (Å²) < 4.78 is 38.6. The van der Waals surface area contributed by atoms with Crippen LogP contribution in [0.2, 0.25) is 0 Å². The number of benzene rings is 1. The summed E-state index contributed by atoms with van der Waals surface area (Å²) in [7, 11) is -3.63. The number of carbonyl (C=O) groups is 1. The van der Waals surface area contributed by atoms with Crippen molar-refractivity contribution in [1.82, 2.24) is 4.31 Å². The molecule has 3 aliphatic heterocycles. The second-order valence-electron chi connectivity index (χ2n) is 8.47. The van der Waals surface area contributed by atoms with Gasteiger partial charge >= 0.3 is 0 Å². The number of amides is 1. The number of nitrogens with one attached hydrogen (secondary N) is 1.